The summed E-state index contributed by atoms with van der Waals surface area (Å²) >= 11 is 0. The predicted molar refractivity (Wildman–Crippen MR) is 259 cm³/mol. The minimum atomic E-state index is -1.29. The Bertz CT molecular complexity index is 3440. The van der Waals surface area contributed by atoms with Gasteiger partial charge in [-0.1, -0.05) is 46.6 Å². The molecule has 7 heterocycles. The third-order valence-corrected chi connectivity index (χ3v) is 11.3. The second kappa shape index (κ2) is 21.3. The molecular weight excluding hydrogens is 901 g/mol. The zero-order chi connectivity index (χ0) is 50.2. The first-order valence-corrected chi connectivity index (χ1v) is 21.9. The number of methoxy groups -OCH3 is 2. The van der Waals surface area contributed by atoms with Gasteiger partial charge in [0.05, 0.1) is 72.2 Å². The van der Waals surface area contributed by atoms with Crippen molar-refractivity contribution in [3.05, 3.63) is 152 Å². The van der Waals surface area contributed by atoms with Crippen molar-refractivity contribution in [2.45, 2.75) is 67.5 Å². The number of benzene rings is 2. The Labute approximate surface area is 399 Å². The van der Waals surface area contributed by atoms with Gasteiger partial charge in [-0.15, -0.1) is 0 Å². The number of hydrogen-bond donors (Lipinski definition) is 3. The third-order valence-electron chi connectivity index (χ3n) is 11.3. The Hall–Kier alpha value is -8.94. The summed E-state index contributed by atoms with van der Waals surface area (Å²) in [4.78, 5) is 51.4. The summed E-state index contributed by atoms with van der Waals surface area (Å²) in [5.74, 6) is 2.14. The van der Waals surface area contributed by atoms with Gasteiger partial charge >= 0.3 is 5.97 Å². The first-order valence-electron chi connectivity index (χ1n) is 21.9. The van der Waals surface area contributed by atoms with Crippen LogP contribution in [0.15, 0.2) is 114 Å². The topological polar surface area (TPSA) is 275 Å². The molecule has 0 atom stereocenters. The number of fused-ring (bicyclic) bond motifs is 2. The molecular formula is C50H50N10O10. The van der Waals surface area contributed by atoms with Gasteiger partial charge in [0.25, 0.3) is 17.0 Å². The van der Waals surface area contributed by atoms with Crippen molar-refractivity contribution < 1.29 is 38.2 Å². The maximum atomic E-state index is 13.6. The number of nitrogens with two attached hydrogens (primary N) is 1. The molecule has 0 saturated carbocycles. The van der Waals surface area contributed by atoms with Crippen molar-refractivity contribution >= 4 is 33.6 Å². The zero-order valence-corrected chi connectivity index (χ0v) is 39.7. The van der Waals surface area contributed by atoms with Crippen LogP contribution in [0.3, 0.4) is 0 Å². The molecule has 2 aromatic carbocycles. The van der Waals surface area contributed by atoms with Gasteiger partial charge in [0.2, 0.25) is 0 Å². The smallest absolute Gasteiger partial charge is 0.341 e. The highest BCUT2D eigenvalue weighted by atomic mass is 16.5. The molecule has 360 valence electrons. The number of aryl methyl sites for hydroxylation is 5. The molecule has 0 unspecified atom stereocenters. The molecule has 0 radical (unpaired) electrons. The molecule has 0 aliphatic rings. The second-order valence-corrected chi connectivity index (χ2v) is 15.8. The van der Waals surface area contributed by atoms with E-state index in [9.17, 15) is 19.5 Å². The minimum absolute atomic E-state index is 0.130. The van der Waals surface area contributed by atoms with Crippen molar-refractivity contribution in [2.75, 3.05) is 14.2 Å². The lowest BCUT2D eigenvalue weighted by Crippen LogP contribution is -2.27. The number of carboxylic acids is 1. The van der Waals surface area contributed by atoms with Crippen molar-refractivity contribution in [1.82, 2.24) is 39.6 Å². The molecule has 20 nitrogen and oxygen atoms in total. The number of nitrogens with zero attached hydrogens (tertiary/aromatic N) is 9. The van der Waals surface area contributed by atoms with Gasteiger partial charge in [-0.25, -0.2) is 4.79 Å². The third kappa shape index (κ3) is 10.1. The Morgan fingerprint density at radius 1 is 0.700 bits per heavy atom. The Kier molecular flexibility index (Phi) is 14.9. The number of ether oxygens (including phenoxy) is 2. The van der Waals surface area contributed by atoms with Crippen molar-refractivity contribution in [3.63, 3.8) is 0 Å². The molecule has 0 spiro atoms. The largest absolute Gasteiger partial charge is 0.496 e. The highest BCUT2D eigenvalue weighted by molar-refractivity contribution is 5.96. The Morgan fingerprint density at radius 2 is 1.20 bits per heavy atom. The van der Waals surface area contributed by atoms with Crippen LogP contribution >= 0.6 is 0 Å². The second-order valence-electron chi connectivity index (χ2n) is 15.8. The zero-order valence-electron chi connectivity index (χ0n) is 39.7. The van der Waals surface area contributed by atoms with Gasteiger partial charge in [0.15, 0.2) is 5.82 Å². The summed E-state index contributed by atoms with van der Waals surface area (Å²) in [6, 6.07) is 21.5. The maximum Gasteiger partial charge on any atom is 0.341 e. The minimum Gasteiger partial charge on any atom is -0.496 e. The first kappa shape index (κ1) is 49.0. The fraction of sp³-hybridized carbons (Fsp3) is 0.240. The monoisotopic (exact) mass is 950 g/mol. The SMILES string of the molecule is CC/C(N)=N/O.CCc1noc(-c2cc3cc(-c4c(C)noc4C)c(OC)cc3n(Cc3ccccn3)c2=O)n1.COc1cc2c(cc1-c1c(C)noc1C)cc(C(=O)O)c(=O)n2Cc1ccccn1. The van der Waals surface area contributed by atoms with Gasteiger partial charge in [-0.05, 0) is 76.2 Å². The number of oxime groups is 1. The van der Waals surface area contributed by atoms with E-state index >= 15 is 0 Å². The van der Waals surface area contributed by atoms with E-state index in [4.69, 9.17) is 34.0 Å². The quantitative estimate of drug-likeness (QED) is 0.0454. The van der Waals surface area contributed by atoms with Crippen LogP contribution in [0.25, 0.3) is 55.5 Å². The fourth-order valence-electron chi connectivity index (χ4n) is 7.78. The van der Waals surface area contributed by atoms with E-state index in [1.54, 1.807) is 61.3 Å². The number of hydrogen-bond acceptors (Lipinski definition) is 16. The van der Waals surface area contributed by atoms with Crippen LogP contribution in [0, 0.1) is 27.7 Å². The molecule has 70 heavy (non-hydrogen) atoms. The van der Waals surface area contributed by atoms with Crippen LogP contribution in [0.1, 0.15) is 70.7 Å². The number of aromatic nitrogens is 8. The van der Waals surface area contributed by atoms with Gasteiger partial charge in [0.1, 0.15) is 40.0 Å². The molecule has 9 aromatic rings. The van der Waals surface area contributed by atoms with E-state index in [1.807, 2.05) is 71.0 Å². The highest BCUT2D eigenvalue weighted by Crippen LogP contribution is 2.39. The van der Waals surface area contributed by atoms with Crippen LogP contribution in [0.4, 0.5) is 0 Å². The standard InChI is InChI=1S/C25H23N5O4.C22H19N3O5.C3H8N2O/c1-5-22-27-24(34-29-22)19-11-16-10-18(23-14(2)28-33-15(23)3)21(32-4)12-20(16)30(25(19)31)13-17-8-6-7-9-26-17;1-12-20(13(2)30-24-12)16-8-14-9-17(22(27)28)21(26)25(18(14)10-19(16)29-3)11-15-6-4-5-7-23-15;1-2-3(4)5-6/h6-12H,5,13H2,1-4H3;4-10H,11H2,1-3H3,(H,27,28);6H,2H2,1H3,(H2,4,5). The maximum absolute atomic E-state index is 13.6. The fourth-order valence-corrected chi connectivity index (χ4v) is 7.78. The molecule has 7 aromatic heterocycles. The lowest BCUT2D eigenvalue weighted by molar-refractivity contribution is 0.0694. The molecule has 9 rings (SSSR count). The van der Waals surface area contributed by atoms with Gasteiger partial charge < -0.3 is 48.2 Å². The molecule has 0 amide bonds. The number of carbonyl (C=O) groups is 1. The number of rotatable bonds is 12. The number of carboxylic acid groups (broad SMARTS) is 1. The Balaban J connectivity index is 0.000000186. The van der Waals surface area contributed by atoms with Gasteiger partial charge in [-0.2, -0.15) is 4.98 Å². The Morgan fingerprint density at radius 3 is 1.59 bits per heavy atom. The van der Waals surface area contributed by atoms with Crippen LogP contribution in [0.2, 0.25) is 0 Å². The van der Waals surface area contributed by atoms with Crippen molar-refractivity contribution in [3.8, 4) is 45.2 Å². The lowest BCUT2D eigenvalue weighted by atomic mass is 9.99. The van der Waals surface area contributed by atoms with Crippen LogP contribution in [0.5, 0.6) is 11.5 Å². The molecule has 0 bridgehead atoms. The number of aromatic carboxylic acids is 1. The normalized spacial score (nSPS) is 11.2. The molecule has 0 saturated heterocycles. The van der Waals surface area contributed by atoms with Crippen molar-refractivity contribution in [1.29, 1.82) is 0 Å². The average Bonchev–Trinajstić information content (AvgIpc) is 4.09. The van der Waals surface area contributed by atoms with Gasteiger partial charge in [0, 0.05) is 59.3 Å². The van der Waals surface area contributed by atoms with E-state index in [2.05, 4.69) is 35.6 Å². The first-order chi connectivity index (χ1) is 33.7. The van der Waals surface area contributed by atoms with Crippen LogP contribution < -0.4 is 26.3 Å². The lowest BCUT2D eigenvalue weighted by Gasteiger charge is -2.15. The van der Waals surface area contributed by atoms with Crippen LogP contribution in [-0.2, 0) is 19.5 Å². The van der Waals surface area contributed by atoms with Crippen molar-refractivity contribution in [2.24, 2.45) is 10.9 Å². The molecule has 20 heteroatoms. The molecule has 0 aliphatic carbocycles. The summed E-state index contributed by atoms with van der Waals surface area (Å²) in [6.45, 7) is 11.5. The summed E-state index contributed by atoms with van der Waals surface area (Å²) in [6.07, 6.45) is 4.54. The van der Waals surface area contributed by atoms with E-state index in [1.165, 1.54) is 17.7 Å². The summed E-state index contributed by atoms with van der Waals surface area (Å²) in [7, 11) is 3.14. The van der Waals surface area contributed by atoms with E-state index < -0.39 is 11.5 Å². The molecule has 0 aliphatic heterocycles. The predicted octanol–water partition coefficient (Wildman–Crippen LogP) is 7.90. The van der Waals surface area contributed by atoms with E-state index in [0.29, 0.717) is 80.6 Å². The summed E-state index contributed by atoms with van der Waals surface area (Å²) < 4.78 is 30.5. The van der Waals surface area contributed by atoms with E-state index in [-0.39, 0.29) is 35.9 Å². The van der Waals surface area contributed by atoms with Crippen LogP contribution in [-0.4, -0.2) is 75.9 Å². The molecule has 0 fully saturated rings. The molecule has 4 N–H and O–H groups in total. The number of amidine groups is 1. The van der Waals surface area contributed by atoms with E-state index in [0.717, 1.165) is 33.5 Å². The average molecular weight is 951 g/mol. The number of pyridine rings is 4. The highest BCUT2D eigenvalue weighted by Gasteiger charge is 2.24. The summed E-state index contributed by atoms with van der Waals surface area (Å²) in [5.41, 5.74) is 11.3. The van der Waals surface area contributed by atoms with Gasteiger partial charge in [-0.3, -0.25) is 19.6 Å². The summed E-state index contributed by atoms with van der Waals surface area (Å²) in [5, 5.41) is 33.5.